The molecule has 0 radical (unpaired) electrons. The van der Waals surface area contributed by atoms with Crippen molar-refractivity contribution in [2.75, 3.05) is 6.54 Å². The number of nitrogens with one attached hydrogen (secondary N) is 1. The van der Waals surface area contributed by atoms with Crippen molar-refractivity contribution in [3.8, 4) is 5.69 Å². The van der Waals surface area contributed by atoms with Crippen molar-refractivity contribution in [3.05, 3.63) is 77.9 Å². The van der Waals surface area contributed by atoms with E-state index in [1.165, 1.54) is 11.3 Å². The van der Waals surface area contributed by atoms with Gasteiger partial charge in [-0.05, 0) is 24.3 Å². The Balaban J connectivity index is 1.61. The van der Waals surface area contributed by atoms with E-state index in [0.29, 0.717) is 0 Å². The molecule has 2 aromatic carbocycles. The quantitative estimate of drug-likeness (QED) is 0.629. The minimum absolute atomic E-state index is 0.740. The van der Waals surface area contributed by atoms with Crippen LogP contribution in [0.3, 0.4) is 0 Å². The number of benzene rings is 2. The average molecular weight is 329 g/mol. The Morgan fingerprint density at radius 1 is 1.00 bits per heavy atom. The molecule has 4 aromatic rings. The third-order valence-electron chi connectivity index (χ3n) is 4.86. The van der Waals surface area contributed by atoms with Gasteiger partial charge in [-0.3, -0.25) is 0 Å². The molecule has 1 aliphatic heterocycles. The molecule has 25 heavy (non-hydrogen) atoms. The van der Waals surface area contributed by atoms with Gasteiger partial charge in [0.1, 0.15) is 0 Å². The summed E-state index contributed by atoms with van der Waals surface area (Å²) in [6.45, 7) is 2.62. The summed E-state index contributed by atoms with van der Waals surface area (Å²) in [5.74, 6) is 0. The lowest BCUT2D eigenvalue weighted by atomic mass is 10.1. The molecule has 1 N–H and O–H groups in total. The summed E-state index contributed by atoms with van der Waals surface area (Å²) in [5, 5.41) is 8.46. The number of nitrogens with zero attached hydrogens (tertiary/aromatic N) is 4. The zero-order chi connectivity index (χ0) is 16.6. The second kappa shape index (κ2) is 5.86. The van der Waals surface area contributed by atoms with Crippen LogP contribution in [-0.2, 0) is 19.5 Å². The lowest BCUT2D eigenvalue weighted by molar-refractivity contribution is 0.621. The maximum Gasteiger partial charge on any atom is 0.0962 e. The summed E-state index contributed by atoms with van der Waals surface area (Å²) >= 11 is 0. The van der Waals surface area contributed by atoms with E-state index in [1.807, 2.05) is 24.5 Å². The monoisotopic (exact) mass is 329 g/mol. The Morgan fingerprint density at radius 2 is 1.84 bits per heavy atom. The standard InChI is InChI=1S/C20H19N5/c1-2-6-15(7-3-1)25-19-10-11-21-12-16(19)18(23-25)13-24-14-22-17-8-4-5-9-20(17)24/h1-9,14,21H,10-13H2. The van der Waals surface area contributed by atoms with Gasteiger partial charge in [0.25, 0.3) is 0 Å². The fourth-order valence-corrected chi connectivity index (χ4v) is 3.62. The van der Waals surface area contributed by atoms with E-state index in [0.717, 1.165) is 48.5 Å². The summed E-state index contributed by atoms with van der Waals surface area (Å²) in [7, 11) is 0. The first-order chi connectivity index (χ1) is 12.4. The van der Waals surface area contributed by atoms with Crippen LogP contribution in [0.4, 0.5) is 0 Å². The summed E-state index contributed by atoms with van der Waals surface area (Å²) in [6.07, 6.45) is 2.91. The lowest BCUT2D eigenvalue weighted by Crippen LogP contribution is -2.25. The minimum Gasteiger partial charge on any atom is -0.324 e. The number of hydrogen-bond acceptors (Lipinski definition) is 3. The second-order valence-corrected chi connectivity index (χ2v) is 6.41. The molecule has 0 fully saturated rings. The first kappa shape index (κ1) is 14.4. The number of rotatable bonds is 3. The highest BCUT2D eigenvalue weighted by Gasteiger charge is 2.21. The van der Waals surface area contributed by atoms with Gasteiger partial charge in [-0.25, -0.2) is 9.67 Å². The molecule has 3 heterocycles. The van der Waals surface area contributed by atoms with Crippen molar-refractivity contribution >= 4 is 11.0 Å². The number of aromatic nitrogens is 4. The fraction of sp³-hybridized carbons (Fsp3) is 0.200. The van der Waals surface area contributed by atoms with Gasteiger partial charge in [0, 0.05) is 25.1 Å². The van der Waals surface area contributed by atoms with Gasteiger partial charge in [-0.2, -0.15) is 5.10 Å². The van der Waals surface area contributed by atoms with Gasteiger partial charge >= 0.3 is 0 Å². The Morgan fingerprint density at radius 3 is 2.76 bits per heavy atom. The molecule has 0 spiro atoms. The normalized spacial score (nSPS) is 13.9. The molecule has 0 aliphatic carbocycles. The van der Waals surface area contributed by atoms with E-state index in [2.05, 4.69) is 55.9 Å². The van der Waals surface area contributed by atoms with Crippen LogP contribution < -0.4 is 5.32 Å². The third kappa shape index (κ3) is 2.44. The topological polar surface area (TPSA) is 47.7 Å². The van der Waals surface area contributed by atoms with Crippen LogP contribution in [0.25, 0.3) is 16.7 Å². The highest BCUT2D eigenvalue weighted by atomic mass is 15.3. The molecule has 0 saturated carbocycles. The molecule has 0 atom stereocenters. The highest BCUT2D eigenvalue weighted by molar-refractivity contribution is 5.75. The van der Waals surface area contributed by atoms with Crippen LogP contribution in [0.2, 0.25) is 0 Å². The summed E-state index contributed by atoms with van der Waals surface area (Å²) in [4.78, 5) is 4.50. The van der Waals surface area contributed by atoms with Gasteiger partial charge in [-0.1, -0.05) is 30.3 Å². The van der Waals surface area contributed by atoms with Crippen LogP contribution in [-0.4, -0.2) is 25.9 Å². The van der Waals surface area contributed by atoms with E-state index in [9.17, 15) is 0 Å². The highest BCUT2D eigenvalue weighted by Crippen LogP contribution is 2.24. The smallest absolute Gasteiger partial charge is 0.0962 e. The van der Waals surface area contributed by atoms with E-state index in [1.54, 1.807) is 0 Å². The van der Waals surface area contributed by atoms with E-state index in [4.69, 9.17) is 5.10 Å². The Hall–Kier alpha value is -2.92. The zero-order valence-electron chi connectivity index (χ0n) is 13.9. The molecule has 0 bridgehead atoms. The molecule has 5 nitrogen and oxygen atoms in total. The lowest BCUT2D eigenvalue weighted by Gasteiger charge is -2.15. The van der Waals surface area contributed by atoms with Gasteiger partial charge in [0.15, 0.2) is 0 Å². The SMILES string of the molecule is c1ccc(-n2nc(Cn3cnc4ccccc43)c3c2CCNC3)cc1. The van der Waals surface area contributed by atoms with Crippen LogP contribution in [0.5, 0.6) is 0 Å². The van der Waals surface area contributed by atoms with Crippen LogP contribution in [0.15, 0.2) is 60.9 Å². The maximum absolute atomic E-state index is 4.97. The van der Waals surface area contributed by atoms with Gasteiger partial charge in [0.05, 0.1) is 41.0 Å². The molecular weight excluding hydrogens is 310 g/mol. The average Bonchev–Trinajstić information content (AvgIpc) is 3.25. The van der Waals surface area contributed by atoms with Crippen LogP contribution in [0, 0.1) is 0 Å². The molecule has 1 aliphatic rings. The third-order valence-corrected chi connectivity index (χ3v) is 4.86. The summed E-state index contributed by atoms with van der Waals surface area (Å²) in [6, 6.07) is 18.6. The first-order valence-electron chi connectivity index (χ1n) is 8.66. The number of hydrogen-bond donors (Lipinski definition) is 1. The molecule has 0 amide bonds. The Labute approximate surface area is 145 Å². The Bertz CT molecular complexity index is 1030. The predicted molar refractivity (Wildman–Crippen MR) is 97.8 cm³/mol. The minimum atomic E-state index is 0.740. The molecule has 2 aromatic heterocycles. The largest absolute Gasteiger partial charge is 0.324 e. The number of imidazole rings is 1. The van der Waals surface area contributed by atoms with E-state index < -0.39 is 0 Å². The fourth-order valence-electron chi connectivity index (χ4n) is 3.62. The predicted octanol–water partition coefficient (Wildman–Crippen LogP) is 2.92. The zero-order valence-corrected chi connectivity index (χ0v) is 13.9. The molecule has 124 valence electrons. The molecular formula is C20H19N5. The molecule has 5 heteroatoms. The Kier molecular flexibility index (Phi) is 3.38. The van der Waals surface area contributed by atoms with Gasteiger partial charge in [0.2, 0.25) is 0 Å². The van der Waals surface area contributed by atoms with Crippen molar-refractivity contribution < 1.29 is 0 Å². The number of para-hydroxylation sites is 3. The van der Waals surface area contributed by atoms with E-state index >= 15 is 0 Å². The maximum atomic E-state index is 4.97. The van der Waals surface area contributed by atoms with Crippen LogP contribution >= 0.6 is 0 Å². The molecule has 0 saturated heterocycles. The van der Waals surface area contributed by atoms with Crippen molar-refractivity contribution in [1.29, 1.82) is 0 Å². The summed E-state index contributed by atoms with van der Waals surface area (Å²) in [5.41, 5.74) is 7.07. The first-order valence-corrected chi connectivity index (χ1v) is 8.66. The van der Waals surface area contributed by atoms with Crippen molar-refractivity contribution in [2.45, 2.75) is 19.5 Å². The molecule has 0 unspecified atom stereocenters. The van der Waals surface area contributed by atoms with Crippen molar-refractivity contribution in [1.82, 2.24) is 24.6 Å². The molecule has 5 rings (SSSR count). The van der Waals surface area contributed by atoms with E-state index in [-0.39, 0.29) is 0 Å². The van der Waals surface area contributed by atoms with Gasteiger partial charge in [-0.15, -0.1) is 0 Å². The second-order valence-electron chi connectivity index (χ2n) is 6.41. The van der Waals surface area contributed by atoms with Crippen LogP contribution in [0.1, 0.15) is 17.0 Å². The summed E-state index contributed by atoms with van der Waals surface area (Å²) < 4.78 is 4.30. The van der Waals surface area contributed by atoms with Gasteiger partial charge < -0.3 is 9.88 Å². The van der Waals surface area contributed by atoms with Crippen molar-refractivity contribution in [3.63, 3.8) is 0 Å². The number of fused-ring (bicyclic) bond motifs is 2. The van der Waals surface area contributed by atoms with Crippen molar-refractivity contribution in [2.24, 2.45) is 0 Å².